The molecule has 0 fully saturated rings. The highest BCUT2D eigenvalue weighted by Gasteiger charge is 2.13. The maximum atomic E-state index is 11.7. The topological polar surface area (TPSA) is 61.4 Å². The smallest absolute Gasteiger partial charge is 0.237 e. The summed E-state index contributed by atoms with van der Waals surface area (Å²) in [7, 11) is 0. The minimum absolute atomic E-state index is 0.101. The molecule has 1 unspecified atom stereocenters. The maximum absolute atomic E-state index is 11.7. The van der Waals surface area contributed by atoms with Gasteiger partial charge in [-0.05, 0) is 20.8 Å². The van der Waals surface area contributed by atoms with Gasteiger partial charge in [0.1, 0.15) is 0 Å². The third-order valence-corrected chi connectivity index (χ3v) is 2.66. The Hall–Kier alpha value is -1.54. The van der Waals surface area contributed by atoms with Crippen LogP contribution in [0.15, 0.2) is 0 Å². The van der Waals surface area contributed by atoms with Crippen molar-refractivity contribution in [2.45, 2.75) is 33.2 Å². The van der Waals surface area contributed by atoms with Crippen LogP contribution in [0.25, 0.3) is 0 Å². The Balaban J connectivity index is 3.87. The summed E-state index contributed by atoms with van der Waals surface area (Å²) >= 11 is 0. The summed E-state index contributed by atoms with van der Waals surface area (Å²) in [5.74, 6) is 2.29. The second-order valence-corrected chi connectivity index (χ2v) is 3.91. The van der Waals surface area contributed by atoms with Crippen molar-refractivity contribution >= 4 is 11.8 Å². The van der Waals surface area contributed by atoms with Crippen LogP contribution < -0.4 is 10.6 Å². The predicted molar refractivity (Wildman–Crippen MR) is 71.9 cm³/mol. The number of hydrogen-bond donors (Lipinski definition) is 2. The summed E-state index contributed by atoms with van der Waals surface area (Å²) in [5, 5.41) is 5.58. The van der Waals surface area contributed by atoms with E-state index in [1.165, 1.54) is 0 Å². The van der Waals surface area contributed by atoms with E-state index in [-0.39, 0.29) is 24.4 Å². The van der Waals surface area contributed by atoms with Crippen molar-refractivity contribution in [1.29, 1.82) is 0 Å². The number of amides is 2. The molecule has 0 aromatic rings. The monoisotopic (exact) mass is 253 g/mol. The minimum Gasteiger partial charge on any atom is -0.344 e. The van der Waals surface area contributed by atoms with Gasteiger partial charge < -0.3 is 15.5 Å². The van der Waals surface area contributed by atoms with E-state index in [1.807, 2.05) is 13.8 Å². The summed E-state index contributed by atoms with van der Waals surface area (Å²) in [4.78, 5) is 24.9. The van der Waals surface area contributed by atoms with Gasteiger partial charge in [-0.3, -0.25) is 9.59 Å². The zero-order chi connectivity index (χ0) is 14.0. The fourth-order valence-corrected chi connectivity index (χ4v) is 1.51. The highest BCUT2D eigenvalue weighted by Crippen LogP contribution is 1.93. The van der Waals surface area contributed by atoms with Crippen LogP contribution in [0, 0.1) is 12.3 Å². The van der Waals surface area contributed by atoms with Crippen LogP contribution in [0.4, 0.5) is 0 Å². The molecule has 0 aliphatic rings. The van der Waals surface area contributed by atoms with Crippen LogP contribution in [0.3, 0.4) is 0 Å². The fraction of sp³-hybridized carbons (Fsp3) is 0.692. The van der Waals surface area contributed by atoms with Crippen LogP contribution >= 0.6 is 0 Å². The first-order chi connectivity index (χ1) is 8.56. The first-order valence-electron chi connectivity index (χ1n) is 6.29. The van der Waals surface area contributed by atoms with Gasteiger partial charge in [0, 0.05) is 26.1 Å². The molecule has 0 aromatic carbocycles. The van der Waals surface area contributed by atoms with E-state index in [1.54, 1.807) is 11.8 Å². The Kier molecular flexibility index (Phi) is 8.67. The molecular weight excluding hydrogens is 230 g/mol. The van der Waals surface area contributed by atoms with Gasteiger partial charge >= 0.3 is 0 Å². The van der Waals surface area contributed by atoms with Crippen molar-refractivity contribution in [3.63, 3.8) is 0 Å². The molecule has 0 bridgehead atoms. The number of hydrogen-bond acceptors (Lipinski definition) is 3. The van der Waals surface area contributed by atoms with Crippen molar-refractivity contribution in [2.75, 3.05) is 26.2 Å². The second-order valence-electron chi connectivity index (χ2n) is 3.91. The summed E-state index contributed by atoms with van der Waals surface area (Å²) in [6.07, 6.45) is 5.44. The molecule has 0 aromatic heterocycles. The standard InChI is InChI=1S/C13H23N3O2/c1-5-9-15-13(18)11(4)14-10-8-12(17)16(6-2)7-3/h1,11,14H,6-10H2,2-4H3,(H,15,18). The van der Waals surface area contributed by atoms with Crippen LogP contribution in [0.1, 0.15) is 27.2 Å². The molecule has 5 nitrogen and oxygen atoms in total. The second kappa shape index (κ2) is 9.49. The molecule has 0 rings (SSSR count). The van der Waals surface area contributed by atoms with Gasteiger partial charge in [-0.1, -0.05) is 5.92 Å². The van der Waals surface area contributed by atoms with Crippen LogP contribution in [-0.2, 0) is 9.59 Å². The molecule has 0 aliphatic heterocycles. The van der Waals surface area contributed by atoms with Crippen LogP contribution in [-0.4, -0.2) is 48.9 Å². The summed E-state index contributed by atoms with van der Waals surface area (Å²) in [6, 6.07) is -0.345. The van der Waals surface area contributed by atoms with Gasteiger partial charge in [-0.2, -0.15) is 0 Å². The SMILES string of the molecule is C#CCNC(=O)C(C)NCCC(=O)N(CC)CC. The fourth-order valence-electron chi connectivity index (χ4n) is 1.51. The highest BCUT2D eigenvalue weighted by molar-refractivity contribution is 5.81. The molecule has 2 N–H and O–H groups in total. The first-order valence-corrected chi connectivity index (χ1v) is 6.29. The molecule has 0 radical (unpaired) electrons. The Labute approximate surface area is 109 Å². The van der Waals surface area contributed by atoms with Crippen molar-refractivity contribution in [2.24, 2.45) is 0 Å². The molecule has 102 valence electrons. The van der Waals surface area contributed by atoms with Gasteiger partial charge in [0.05, 0.1) is 12.6 Å². The normalized spacial score (nSPS) is 11.4. The van der Waals surface area contributed by atoms with E-state index in [9.17, 15) is 9.59 Å². The minimum atomic E-state index is -0.345. The Morgan fingerprint density at radius 2 is 1.94 bits per heavy atom. The molecule has 5 heteroatoms. The molecule has 0 saturated heterocycles. The largest absolute Gasteiger partial charge is 0.344 e. The third kappa shape index (κ3) is 6.26. The number of carbonyl (C=O) groups is 2. The lowest BCUT2D eigenvalue weighted by Crippen LogP contribution is -2.43. The molecule has 18 heavy (non-hydrogen) atoms. The Morgan fingerprint density at radius 1 is 1.33 bits per heavy atom. The summed E-state index contributed by atoms with van der Waals surface area (Å²) in [6.45, 7) is 7.79. The first kappa shape index (κ1) is 16.5. The van der Waals surface area contributed by atoms with Gasteiger partial charge in [-0.25, -0.2) is 0 Å². The van der Waals surface area contributed by atoms with Crippen molar-refractivity contribution in [1.82, 2.24) is 15.5 Å². The van der Waals surface area contributed by atoms with Crippen molar-refractivity contribution in [3.8, 4) is 12.3 Å². The Morgan fingerprint density at radius 3 is 2.44 bits per heavy atom. The summed E-state index contributed by atoms with van der Waals surface area (Å²) in [5.41, 5.74) is 0. The van der Waals surface area contributed by atoms with E-state index in [0.717, 1.165) is 0 Å². The van der Waals surface area contributed by atoms with Gasteiger partial charge in [0.25, 0.3) is 0 Å². The van der Waals surface area contributed by atoms with Gasteiger partial charge in [0.15, 0.2) is 0 Å². The van der Waals surface area contributed by atoms with Crippen molar-refractivity contribution in [3.05, 3.63) is 0 Å². The van der Waals surface area contributed by atoms with E-state index in [2.05, 4.69) is 16.6 Å². The third-order valence-electron chi connectivity index (χ3n) is 2.66. The zero-order valence-corrected chi connectivity index (χ0v) is 11.5. The molecule has 0 spiro atoms. The Bertz CT molecular complexity index is 306. The lowest BCUT2D eigenvalue weighted by Gasteiger charge is -2.19. The highest BCUT2D eigenvalue weighted by atomic mass is 16.2. The number of nitrogens with zero attached hydrogens (tertiary/aromatic N) is 1. The van der Waals surface area contributed by atoms with Crippen LogP contribution in [0.5, 0.6) is 0 Å². The van der Waals surface area contributed by atoms with E-state index in [4.69, 9.17) is 6.42 Å². The average Bonchev–Trinajstić information content (AvgIpc) is 2.37. The van der Waals surface area contributed by atoms with Gasteiger partial charge in [-0.15, -0.1) is 6.42 Å². The quantitative estimate of drug-likeness (QED) is 0.597. The maximum Gasteiger partial charge on any atom is 0.237 e. The van der Waals surface area contributed by atoms with E-state index in [0.29, 0.717) is 26.1 Å². The zero-order valence-electron chi connectivity index (χ0n) is 11.5. The number of carbonyl (C=O) groups excluding carboxylic acids is 2. The van der Waals surface area contributed by atoms with Gasteiger partial charge in [0.2, 0.25) is 11.8 Å². The molecule has 2 amide bonds. The molecule has 0 aliphatic carbocycles. The molecule has 0 saturated carbocycles. The van der Waals surface area contributed by atoms with E-state index < -0.39 is 0 Å². The number of rotatable bonds is 8. The molecule has 0 heterocycles. The van der Waals surface area contributed by atoms with Crippen molar-refractivity contribution < 1.29 is 9.59 Å². The number of nitrogens with one attached hydrogen (secondary N) is 2. The summed E-state index contributed by atoms with van der Waals surface area (Å²) < 4.78 is 0. The number of terminal acetylenes is 1. The lowest BCUT2D eigenvalue weighted by molar-refractivity contribution is -0.131. The lowest BCUT2D eigenvalue weighted by atomic mass is 10.3. The van der Waals surface area contributed by atoms with Crippen LogP contribution in [0.2, 0.25) is 0 Å². The molecule has 1 atom stereocenters. The average molecular weight is 253 g/mol. The predicted octanol–water partition coefficient (Wildman–Crippen LogP) is -0.0276. The molecular formula is C13H23N3O2. The van der Waals surface area contributed by atoms with E-state index >= 15 is 0 Å².